The Kier molecular flexibility index (Phi) is 2.32. The maximum absolute atomic E-state index is 11.8. The van der Waals surface area contributed by atoms with E-state index in [1.165, 1.54) is 4.90 Å². The zero-order valence-electron chi connectivity index (χ0n) is 8.82. The van der Waals surface area contributed by atoms with Crippen molar-refractivity contribution in [2.45, 2.75) is 44.2 Å². The predicted molar refractivity (Wildman–Crippen MR) is 53.5 cm³/mol. The second-order valence-corrected chi connectivity index (χ2v) is 4.68. The summed E-state index contributed by atoms with van der Waals surface area (Å²) >= 11 is 0. The molecule has 1 saturated carbocycles. The standard InChI is InChI=1S/C10H16N2O3/c1-10(4-5-10)11-9(15)12-6-2-3-7(12)8(13)14/h7H,2-6H2,1H3,(H,11,15)(H,13,14)/t7-/m0/s1. The van der Waals surface area contributed by atoms with Crippen LogP contribution < -0.4 is 5.32 Å². The van der Waals surface area contributed by atoms with Gasteiger partial charge in [0.1, 0.15) is 6.04 Å². The minimum atomic E-state index is -0.899. The normalized spacial score (nSPS) is 27.5. The van der Waals surface area contributed by atoms with Gasteiger partial charge in [-0.3, -0.25) is 0 Å². The van der Waals surface area contributed by atoms with Gasteiger partial charge in [0.2, 0.25) is 0 Å². The molecule has 2 aliphatic rings. The van der Waals surface area contributed by atoms with Crippen molar-refractivity contribution in [3.8, 4) is 0 Å². The highest BCUT2D eigenvalue weighted by Gasteiger charge is 2.42. The summed E-state index contributed by atoms with van der Waals surface area (Å²) in [5.41, 5.74) is -0.0806. The third kappa shape index (κ3) is 2.06. The predicted octanol–water partition coefficient (Wildman–Crippen LogP) is 0.797. The van der Waals surface area contributed by atoms with Crippen molar-refractivity contribution in [3.05, 3.63) is 0 Å². The van der Waals surface area contributed by atoms with Crippen molar-refractivity contribution < 1.29 is 14.7 Å². The molecule has 15 heavy (non-hydrogen) atoms. The first-order valence-electron chi connectivity index (χ1n) is 5.33. The molecule has 1 saturated heterocycles. The minimum Gasteiger partial charge on any atom is -0.480 e. The van der Waals surface area contributed by atoms with Gasteiger partial charge in [-0.2, -0.15) is 0 Å². The van der Waals surface area contributed by atoms with E-state index in [0.717, 1.165) is 19.3 Å². The number of urea groups is 1. The lowest BCUT2D eigenvalue weighted by atomic mass is 10.2. The molecule has 0 aromatic rings. The molecule has 5 heteroatoms. The van der Waals surface area contributed by atoms with Crippen LogP contribution in [-0.4, -0.2) is 40.1 Å². The summed E-state index contributed by atoms with van der Waals surface area (Å²) < 4.78 is 0. The summed E-state index contributed by atoms with van der Waals surface area (Å²) in [6.45, 7) is 2.54. The molecule has 1 aliphatic heterocycles. The number of hydrogen-bond donors (Lipinski definition) is 2. The monoisotopic (exact) mass is 212 g/mol. The molecule has 1 aliphatic carbocycles. The first-order valence-corrected chi connectivity index (χ1v) is 5.33. The van der Waals surface area contributed by atoms with E-state index in [-0.39, 0.29) is 11.6 Å². The highest BCUT2D eigenvalue weighted by Crippen LogP contribution is 2.34. The number of nitrogens with one attached hydrogen (secondary N) is 1. The van der Waals surface area contributed by atoms with Crippen LogP contribution in [0.15, 0.2) is 0 Å². The Morgan fingerprint density at radius 2 is 2.13 bits per heavy atom. The third-order valence-corrected chi connectivity index (χ3v) is 3.21. The highest BCUT2D eigenvalue weighted by molar-refractivity contribution is 5.83. The van der Waals surface area contributed by atoms with Crippen LogP contribution in [0.5, 0.6) is 0 Å². The number of rotatable bonds is 2. The molecule has 1 heterocycles. The Balaban J connectivity index is 1.96. The van der Waals surface area contributed by atoms with Gasteiger partial charge < -0.3 is 15.3 Å². The molecule has 0 aromatic heterocycles. The Labute approximate surface area is 88.4 Å². The fourth-order valence-corrected chi connectivity index (χ4v) is 1.91. The average Bonchev–Trinajstić information content (AvgIpc) is 2.70. The van der Waals surface area contributed by atoms with Gasteiger partial charge in [0.25, 0.3) is 0 Å². The van der Waals surface area contributed by atoms with E-state index < -0.39 is 12.0 Å². The van der Waals surface area contributed by atoms with Crippen molar-refractivity contribution in [3.63, 3.8) is 0 Å². The Morgan fingerprint density at radius 3 is 2.67 bits per heavy atom. The minimum absolute atomic E-state index is 0.0806. The second kappa shape index (κ2) is 3.40. The summed E-state index contributed by atoms with van der Waals surface area (Å²) in [5, 5.41) is 11.8. The quantitative estimate of drug-likeness (QED) is 0.711. The molecular weight excluding hydrogens is 196 g/mol. The molecule has 2 N–H and O–H groups in total. The van der Waals surface area contributed by atoms with Crippen molar-refractivity contribution in [1.29, 1.82) is 0 Å². The summed E-state index contributed by atoms with van der Waals surface area (Å²) in [6.07, 6.45) is 3.33. The van der Waals surface area contributed by atoms with E-state index in [2.05, 4.69) is 5.32 Å². The van der Waals surface area contributed by atoms with Gasteiger partial charge in [0.15, 0.2) is 0 Å². The van der Waals surface area contributed by atoms with Crippen molar-refractivity contribution in [2.24, 2.45) is 0 Å². The maximum atomic E-state index is 11.8. The number of hydrogen-bond acceptors (Lipinski definition) is 2. The highest BCUT2D eigenvalue weighted by atomic mass is 16.4. The van der Waals surface area contributed by atoms with Gasteiger partial charge in [-0.05, 0) is 32.6 Å². The van der Waals surface area contributed by atoms with E-state index in [1.54, 1.807) is 0 Å². The van der Waals surface area contributed by atoms with Crippen LogP contribution in [0, 0.1) is 0 Å². The van der Waals surface area contributed by atoms with Crippen molar-refractivity contribution in [2.75, 3.05) is 6.54 Å². The number of aliphatic carboxylic acids is 1. The van der Waals surface area contributed by atoms with Gasteiger partial charge in [0, 0.05) is 12.1 Å². The molecule has 0 bridgehead atoms. The van der Waals surface area contributed by atoms with E-state index in [0.29, 0.717) is 13.0 Å². The summed E-state index contributed by atoms with van der Waals surface area (Å²) in [5.74, 6) is -0.899. The van der Waals surface area contributed by atoms with Crippen molar-refractivity contribution >= 4 is 12.0 Å². The molecule has 0 spiro atoms. The van der Waals surface area contributed by atoms with E-state index in [9.17, 15) is 9.59 Å². The molecule has 0 radical (unpaired) electrons. The van der Waals surface area contributed by atoms with Crippen LogP contribution in [0.4, 0.5) is 4.79 Å². The lowest BCUT2D eigenvalue weighted by Gasteiger charge is -2.24. The largest absolute Gasteiger partial charge is 0.480 e. The number of likely N-dealkylation sites (tertiary alicyclic amines) is 1. The zero-order chi connectivity index (χ0) is 11.1. The van der Waals surface area contributed by atoms with Gasteiger partial charge in [0.05, 0.1) is 0 Å². The van der Waals surface area contributed by atoms with E-state index in [1.807, 2.05) is 6.92 Å². The number of carboxylic acid groups (broad SMARTS) is 1. The van der Waals surface area contributed by atoms with Crippen LogP contribution in [0.3, 0.4) is 0 Å². The molecule has 2 amide bonds. The lowest BCUT2D eigenvalue weighted by molar-refractivity contribution is -0.141. The number of amides is 2. The molecular formula is C10H16N2O3. The number of nitrogens with zero attached hydrogens (tertiary/aromatic N) is 1. The molecule has 84 valence electrons. The Bertz CT molecular complexity index is 299. The lowest BCUT2D eigenvalue weighted by Crippen LogP contribution is -2.49. The smallest absolute Gasteiger partial charge is 0.326 e. The van der Waals surface area contributed by atoms with Gasteiger partial charge in [-0.1, -0.05) is 0 Å². The van der Waals surface area contributed by atoms with Crippen LogP contribution in [-0.2, 0) is 4.79 Å². The average molecular weight is 212 g/mol. The number of carbonyl (C=O) groups excluding carboxylic acids is 1. The van der Waals surface area contributed by atoms with Crippen molar-refractivity contribution in [1.82, 2.24) is 10.2 Å². The second-order valence-electron chi connectivity index (χ2n) is 4.68. The Hall–Kier alpha value is -1.26. The molecule has 2 fully saturated rings. The summed E-state index contributed by atoms with van der Waals surface area (Å²) in [7, 11) is 0. The van der Waals surface area contributed by atoms with Crippen LogP contribution in [0.1, 0.15) is 32.6 Å². The van der Waals surface area contributed by atoms with Gasteiger partial charge in [-0.15, -0.1) is 0 Å². The number of carboxylic acids is 1. The summed E-state index contributed by atoms with van der Waals surface area (Å²) in [4.78, 5) is 24.1. The third-order valence-electron chi connectivity index (χ3n) is 3.21. The number of carbonyl (C=O) groups is 2. The first kappa shape index (κ1) is 10.3. The van der Waals surface area contributed by atoms with E-state index >= 15 is 0 Å². The molecule has 1 atom stereocenters. The molecule has 0 aromatic carbocycles. The van der Waals surface area contributed by atoms with E-state index in [4.69, 9.17) is 5.11 Å². The fraction of sp³-hybridized carbons (Fsp3) is 0.800. The van der Waals surface area contributed by atoms with Gasteiger partial charge >= 0.3 is 12.0 Å². The van der Waals surface area contributed by atoms with Crippen LogP contribution >= 0.6 is 0 Å². The maximum Gasteiger partial charge on any atom is 0.326 e. The fourth-order valence-electron chi connectivity index (χ4n) is 1.91. The SMILES string of the molecule is CC1(NC(=O)N2CCC[C@H]2C(=O)O)CC1. The van der Waals surface area contributed by atoms with Gasteiger partial charge in [-0.25, -0.2) is 9.59 Å². The molecule has 0 unspecified atom stereocenters. The van der Waals surface area contributed by atoms with Crippen LogP contribution in [0.2, 0.25) is 0 Å². The first-order chi connectivity index (χ1) is 7.02. The molecule has 2 rings (SSSR count). The Morgan fingerprint density at radius 1 is 1.47 bits per heavy atom. The summed E-state index contributed by atoms with van der Waals surface area (Å²) in [6, 6.07) is -0.854. The topological polar surface area (TPSA) is 69.6 Å². The van der Waals surface area contributed by atoms with Crippen LogP contribution in [0.25, 0.3) is 0 Å². The molecule has 5 nitrogen and oxygen atoms in total. The zero-order valence-corrected chi connectivity index (χ0v) is 8.82.